The Morgan fingerprint density at radius 1 is 0.833 bits per heavy atom. The normalized spacial score (nSPS) is 13.8. The lowest BCUT2D eigenvalue weighted by atomic mass is 9.90. The van der Waals surface area contributed by atoms with Crippen LogP contribution in [0.4, 0.5) is 17.6 Å². The molecular weight excluding hydrogens is 344 g/mol. The van der Waals surface area contributed by atoms with Gasteiger partial charge >= 0.3 is 17.8 Å². The lowest BCUT2D eigenvalue weighted by Gasteiger charge is -2.50. The molecule has 0 bridgehead atoms. The Kier molecular flexibility index (Phi) is 6.72. The molecule has 0 saturated carbocycles. The van der Waals surface area contributed by atoms with Gasteiger partial charge in [-0.05, 0) is 13.8 Å². The SMILES string of the molecule is CC(CO)(CO)N(C(=O)C(F)(F)C(F)(F)C(N)=O)C(C)(CO)CO. The van der Waals surface area contributed by atoms with Crippen molar-refractivity contribution < 1.29 is 47.6 Å². The van der Waals surface area contributed by atoms with Crippen LogP contribution in [0.5, 0.6) is 0 Å². The first-order valence-electron chi connectivity index (χ1n) is 6.55. The molecule has 0 aromatic rings. The van der Waals surface area contributed by atoms with Gasteiger partial charge in [0.2, 0.25) is 0 Å². The molecule has 2 amide bonds. The van der Waals surface area contributed by atoms with Crippen molar-refractivity contribution in [3.63, 3.8) is 0 Å². The Morgan fingerprint density at radius 2 is 1.12 bits per heavy atom. The van der Waals surface area contributed by atoms with Gasteiger partial charge < -0.3 is 31.1 Å². The van der Waals surface area contributed by atoms with Crippen LogP contribution >= 0.6 is 0 Å². The summed E-state index contributed by atoms with van der Waals surface area (Å²) in [5, 5.41) is 37.2. The van der Waals surface area contributed by atoms with E-state index in [4.69, 9.17) is 0 Å². The summed E-state index contributed by atoms with van der Waals surface area (Å²) in [6.07, 6.45) is 0. The Bertz CT molecular complexity index is 462. The smallest absolute Gasteiger partial charge is 0.394 e. The summed E-state index contributed by atoms with van der Waals surface area (Å²) in [5.74, 6) is -16.7. The molecule has 0 rings (SSSR count). The molecule has 0 spiro atoms. The van der Waals surface area contributed by atoms with Gasteiger partial charge in [-0.1, -0.05) is 0 Å². The molecule has 0 aromatic heterocycles. The topological polar surface area (TPSA) is 144 Å². The molecule has 0 aliphatic heterocycles. The van der Waals surface area contributed by atoms with Crippen molar-refractivity contribution in [3.8, 4) is 0 Å². The summed E-state index contributed by atoms with van der Waals surface area (Å²) >= 11 is 0. The van der Waals surface area contributed by atoms with Crippen LogP contribution in [0.1, 0.15) is 13.8 Å². The quantitative estimate of drug-likeness (QED) is 0.301. The van der Waals surface area contributed by atoms with Gasteiger partial charge in [-0.3, -0.25) is 9.59 Å². The van der Waals surface area contributed by atoms with Gasteiger partial charge in [-0.15, -0.1) is 0 Å². The molecule has 0 aliphatic carbocycles. The zero-order chi connectivity index (χ0) is 19.6. The average molecular weight is 364 g/mol. The lowest BCUT2D eigenvalue weighted by Crippen LogP contribution is -2.72. The average Bonchev–Trinajstić information content (AvgIpc) is 2.53. The Balaban J connectivity index is 6.38. The van der Waals surface area contributed by atoms with Crippen LogP contribution in [-0.2, 0) is 9.59 Å². The van der Waals surface area contributed by atoms with Crippen molar-refractivity contribution in [1.82, 2.24) is 4.90 Å². The number of alkyl halides is 4. The molecule has 6 N–H and O–H groups in total. The van der Waals surface area contributed by atoms with Gasteiger partial charge in [-0.2, -0.15) is 17.6 Å². The molecule has 12 heteroatoms. The number of amides is 2. The van der Waals surface area contributed by atoms with E-state index < -0.39 is 61.2 Å². The Labute approximate surface area is 134 Å². The summed E-state index contributed by atoms with van der Waals surface area (Å²) < 4.78 is 54.7. The Morgan fingerprint density at radius 3 is 1.33 bits per heavy atom. The van der Waals surface area contributed by atoms with Crippen molar-refractivity contribution in [1.29, 1.82) is 0 Å². The van der Waals surface area contributed by atoms with Crippen LogP contribution in [0.2, 0.25) is 0 Å². The number of rotatable bonds is 9. The first kappa shape index (κ1) is 22.5. The van der Waals surface area contributed by atoms with E-state index >= 15 is 0 Å². The molecule has 142 valence electrons. The molecule has 0 saturated heterocycles. The van der Waals surface area contributed by atoms with E-state index in [2.05, 4.69) is 5.73 Å². The highest BCUT2D eigenvalue weighted by Crippen LogP contribution is 2.39. The molecule has 8 nitrogen and oxygen atoms in total. The van der Waals surface area contributed by atoms with Gasteiger partial charge in [0.05, 0.1) is 37.5 Å². The van der Waals surface area contributed by atoms with Crippen LogP contribution in [0, 0.1) is 0 Å². The number of carbonyl (C=O) groups excluding carboxylic acids is 2. The summed E-state index contributed by atoms with van der Waals surface area (Å²) in [6.45, 7) is -3.00. The third kappa shape index (κ3) is 3.45. The summed E-state index contributed by atoms with van der Waals surface area (Å²) in [5.41, 5.74) is -0.334. The third-order valence-electron chi connectivity index (χ3n) is 3.62. The second kappa shape index (κ2) is 7.17. The fourth-order valence-corrected chi connectivity index (χ4v) is 1.95. The van der Waals surface area contributed by atoms with Crippen molar-refractivity contribution in [2.24, 2.45) is 5.73 Å². The lowest BCUT2D eigenvalue weighted by molar-refractivity contribution is -0.228. The Hall–Kier alpha value is -1.50. The number of halogens is 4. The standard InChI is InChI=1S/C12H20F4N2O6/c1-9(3-19,4-20)18(10(2,5-21)6-22)8(24)12(15,16)11(13,14)7(17)23/h19-22H,3-6H2,1-2H3,(H2,17,23). The van der Waals surface area contributed by atoms with Crippen LogP contribution in [0.3, 0.4) is 0 Å². The van der Waals surface area contributed by atoms with Gasteiger partial charge in [0.1, 0.15) is 0 Å². The molecule has 0 aromatic carbocycles. The third-order valence-corrected chi connectivity index (χ3v) is 3.62. The first-order chi connectivity index (χ1) is 10.7. The molecule has 0 aliphatic rings. The van der Waals surface area contributed by atoms with Crippen LogP contribution in [0.15, 0.2) is 0 Å². The van der Waals surface area contributed by atoms with Gasteiger partial charge in [0.15, 0.2) is 0 Å². The number of nitrogens with two attached hydrogens (primary N) is 1. The summed E-state index contributed by atoms with van der Waals surface area (Å²) in [7, 11) is 0. The second-order valence-corrected chi connectivity index (χ2v) is 5.78. The maximum atomic E-state index is 13.9. The monoisotopic (exact) mass is 364 g/mol. The van der Waals surface area contributed by atoms with E-state index in [1.165, 1.54) is 0 Å². The van der Waals surface area contributed by atoms with E-state index in [1.807, 2.05) is 0 Å². The number of primary amides is 1. The molecule has 0 atom stereocenters. The van der Waals surface area contributed by atoms with Gasteiger partial charge in [0.25, 0.3) is 5.91 Å². The van der Waals surface area contributed by atoms with Crippen molar-refractivity contribution in [2.45, 2.75) is 36.8 Å². The maximum Gasteiger partial charge on any atom is 0.395 e. The summed E-state index contributed by atoms with van der Waals surface area (Å²) in [6, 6.07) is 0. The van der Waals surface area contributed by atoms with Crippen LogP contribution < -0.4 is 5.73 Å². The summed E-state index contributed by atoms with van der Waals surface area (Å²) in [4.78, 5) is 22.5. The van der Waals surface area contributed by atoms with Crippen molar-refractivity contribution in [2.75, 3.05) is 26.4 Å². The number of nitrogens with zero attached hydrogens (tertiary/aromatic N) is 1. The predicted octanol–water partition coefficient (Wildman–Crippen LogP) is -1.94. The highest BCUT2D eigenvalue weighted by molar-refractivity contribution is 5.95. The fourth-order valence-electron chi connectivity index (χ4n) is 1.95. The molecular formula is C12H20F4N2O6. The zero-order valence-corrected chi connectivity index (χ0v) is 13.0. The number of carbonyl (C=O) groups is 2. The minimum atomic E-state index is -5.66. The highest BCUT2D eigenvalue weighted by Gasteiger charge is 2.69. The molecule has 24 heavy (non-hydrogen) atoms. The highest BCUT2D eigenvalue weighted by atomic mass is 19.3. The van der Waals surface area contributed by atoms with Crippen LogP contribution in [0.25, 0.3) is 0 Å². The molecule has 0 fully saturated rings. The molecule has 0 radical (unpaired) electrons. The second-order valence-electron chi connectivity index (χ2n) is 5.78. The van der Waals surface area contributed by atoms with E-state index in [0.717, 1.165) is 13.8 Å². The molecule has 0 heterocycles. The van der Waals surface area contributed by atoms with E-state index in [-0.39, 0.29) is 4.90 Å². The maximum absolute atomic E-state index is 13.9. The van der Waals surface area contributed by atoms with Crippen molar-refractivity contribution >= 4 is 11.8 Å². The fraction of sp³-hybridized carbons (Fsp3) is 0.833. The van der Waals surface area contributed by atoms with E-state index in [1.54, 1.807) is 0 Å². The van der Waals surface area contributed by atoms with Crippen molar-refractivity contribution in [3.05, 3.63) is 0 Å². The van der Waals surface area contributed by atoms with E-state index in [0.29, 0.717) is 0 Å². The number of hydrogen-bond acceptors (Lipinski definition) is 6. The number of hydrogen-bond donors (Lipinski definition) is 5. The van der Waals surface area contributed by atoms with E-state index in [9.17, 15) is 47.6 Å². The number of aliphatic hydroxyl groups excluding tert-OH is 4. The largest absolute Gasteiger partial charge is 0.395 e. The minimum absolute atomic E-state index is 0.156. The first-order valence-corrected chi connectivity index (χ1v) is 6.55. The molecule has 0 unspecified atom stereocenters. The number of aliphatic hydroxyl groups is 4. The minimum Gasteiger partial charge on any atom is -0.394 e. The van der Waals surface area contributed by atoms with Crippen LogP contribution in [-0.4, -0.2) is 86.5 Å². The van der Waals surface area contributed by atoms with Gasteiger partial charge in [-0.25, -0.2) is 0 Å². The van der Waals surface area contributed by atoms with Gasteiger partial charge in [0, 0.05) is 0 Å². The zero-order valence-electron chi connectivity index (χ0n) is 13.0. The predicted molar refractivity (Wildman–Crippen MR) is 71.1 cm³/mol.